The highest BCUT2D eigenvalue weighted by molar-refractivity contribution is 7.22. The summed E-state index contributed by atoms with van der Waals surface area (Å²) in [5, 5.41) is 0.605. The van der Waals surface area contributed by atoms with Crippen LogP contribution >= 0.6 is 11.3 Å². The molecule has 172 valence electrons. The van der Waals surface area contributed by atoms with Gasteiger partial charge in [-0.3, -0.25) is 9.69 Å². The van der Waals surface area contributed by atoms with Crippen molar-refractivity contribution in [2.24, 2.45) is 0 Å². The Balaban J connectivity index is 1.91. The first-order chi connectivity index (χ1) is 15.5. The number of para-hydroxylation sites is 1. The van der Waals surface area contributed by atoms with Crippen molar-refractivity contribution in [3.63, 3.8) is 0 Å². The topological polar surface area (TPSA) is 64.1 Å². The number of benzene rings is 2. The number of anilines is 1. The van der Waals surface area contributed by atoms with Crippen molar-refractivity contribution in [3.8, 4) is 17.2 Å². The van der Waals surface area contributed by atoms with Gasteiger partial charge >= 0.3 is 0 Å². The number of likely N-dealkylation sites (N-methyl/N-ethyl adjacent to an activating group) is 1. The van der Waals surface area contributed by atoms with E-state index in [-0.39, 0.29) is 12.5 Å². The Morgan fingerprint density at radius 3 is 2.31 bits per heavy atom. The van der Waals surface area contributed by atoms with Crippen molar-refractivity contribution in [2.45, 2.75) is 20.8 Å². The van der Waals surface area contributed by atoms with Gasteiger partial charge in [-0.05, 0) is 43.8 Å². The molecule has 0 unspecified atom stereocenters. The average molecular weight is 458 g/mol. The molecule has 2 aromatic carbocycles. The third-order valence-electron chi connectivity index (χ3n) is 5.41. The molecular formula is C24H31N3O4S. The van der Waals surface area contributed by atoms with Crippen LogP contribution in [-0.2, 0) is 4.79 Å². The van der Waals surface area contributed by atoms with Crippen LogP contribution in [0.15, 0.2) is 36.4 Å². The number of carbonyl (C=O) groups is 1. The second kappa shape index (κ2) is 11.2. The van der Waals surface area contributed by atoms with Gasteiger partial charge in [0.15, 0.2) is 11.7 Å². The van der Waals surface area contributed by atoms with Crippen LogP contribution in [0.3, 0.4) is 0 Å². The Bertz CT molecular complexity index is 1010. The highest BCUT2D eigenvalue weighted by atomic mass is 32.1. The minimum absolute atomic E-state index is 0.0622. The summed E-state index contributed by atoms with van der Waals surface area (Å²) in [5.74, 6) is 1.92. The summed E-state index contributed by atoms with van der Waals surface area (Å²) in [6, 6.07) is 11.4. The molecule has 32 heavy (non-hydrogen) atoms. The molecule has 0 saturated heterocycles. The molecule has 0 spiro atoms. The van der Waals surface area contributed by atoms with E-state index in [0.29, 0.717) is 34.4 Å². The Labute approximate surface area is 193 Å². The van der Waals surface area contributed by atoms with Crippen LogP contribution in [0.25, 0.3) is 10.2 Å². The monoisotopic (exact) mass is 457 g/mol. The molecule has 3 rings (SSSR count). The predicted octanol–water partition coefficient (Wildman–Crippen LogP) is 4.38. The number of aryl methyl sites for hydroxylation is 1. The summed E-state index contributed by atoms with van der Waals surface area (Å²) in [6.07, 6.45) is 0. The number of rotatable bonds is 11. The van der Waals surface area contributed by atoms with Crippen LogP contribution in [0.1, 0.15) is 19.4 Å². The normalized spacial score (nSPS) is 11.1. The molecule has 0 fully saturated rings. The fourth-order valence-electron chi connectivity index (χ4n) is 3.43. The number of ether oxygens (including phenoxy) is 3. The summed E-state index contributed by atoms with van der Waals surface area (Å²) < 4.78 is 17.7. The van der Waals surface area contributed by atoms with E-state index in [1.807, 2.05) is 43.3 Å². The van der Waals surface area contributed by atoms with Gasteiger partial charge in [-0.1, -0.05) is 43.4 Å². The summed E-state index contributed by atoms with van der Waals surface area (Å²) >= 11 is 1.42. The standard InChI is InChI=1S/C24H31N3O4S/c1-6-26(7-2)14-15-27(21(28)16-31-18-11-9-8-10-17(18)3)24-25-22-19(29-4)12-13-20(30-5)23(22)32-24/h8-13H,6-7,14-16H2,1-5H3. The van der Waals surface area contributed by atoms with E-state index in [1.54, 1.807) is 19.1 Å². The molecule has 1 amide bonds. The molecule has 0 N–H and O–H groups in total. The van der Waals surface area contributed by atoms with E-state index >= 15 is 0 Å². The second-order valence-electron chi connectivity index (χ2n) is 7.27. The third kappa shape index (κ3) is 5.31. The number of hydrogen-bond acceptors (Lipinski definition) is 7. The maximum absolute atomic E-state index is 13.3. The van der Waals surface area contributed by atoms with Crippen LogP contribution < -0.4 is 19.1 Å². The molecule has 0 aliphatic carbocycles. The van der Waals surface area contributed by atoms with Gasteiger partial charge in [0, 0.05) is 13.1 Å². The number of methoxy groups -OCH3 is 2. The Hall–Kier alpha value is -2.84. The van der Waals surface area contributed by atoms with Crippen LogP contribution in [0.2, 0.25) is 0 Å². The third-order valence-corrected chi connectivity index (χ3v) is 6.50. The van der Waals surface area contributed by atoms with Gasteiger partial charge in [0.25, 0.3) is 5.91 Å². The fourth-order valence-corrected chi connectivity index (χ4v) is 4.55. The van der Waals surface area contributed by atoms with Crippen molar-refractivity contribution in [2.75, 3.05) is 51.9 Å². The quantitative estimate of drug-likeness (QED) is 0.426. The lowest BCUT2D eigenvalue weighted by Gasteiger charge is -2.24. The average Bonchev–Trinajstić information content (AvgIpc) is 3.25. The van der Waals surface area contributed by atoms with Crippen molar-refractivity contribution < 1.29 is 19.0 Å². The lowest BCUT2D eigenvalue weighted by atomic mass is 10.2. The number of hydrogen-bond donors (Lipinski definition) is 0. The largest absolute Gasteiger partial charge is 0.495 e. The molecule has 0 radical (unpaired) electrons. The van der Waals surface area contributed by atoms with Crippen LogP contribution in [-0.4, -0.2) is 62.8 Å². The maximum atomic E-state index is 13.3. The lowest BCUT2D eigenvalue weighted by molar-refractivity contribution is -0.120. The van der Waals surface area contributed by atoms with Crippen LogP contribution in [0, 0.1) is 6.92 Å². The van der Waals surface area contributed by atoms with Gasteiger partial charge < -0.3 is 19.1 Å². The molecule has 0 atom stereocenters. The highest BCUT2D eigenvalue weighted by Crippen LogP contribution is 2.40. The molecule has 0 bridgehead atoms. The summed E-state index contributed by atoms with van der Waals surface area (Å²) in [4.78, 5) is 22.0. The molecule has 0 aliphatic rings. The summed E-state index contributed by atoms with van der Waals surface area (Å²) in [6.45, 7) is 9.22. The number of aromatic nitrogens is 1. The molecular weight excluding hydrogens is 426 g/mol. The molecule has 0 saturated carbocycles. The van der Waals surface area contributed by atoms with Crippen molar-refractivity contribution in [1.29, 1.82) is 0 Å². The van der Waals surface area contributed by atoms with E-state index in [0.717, 1.165) is 29.9 Å². The molecule has 3 aromatic rings. The van der Waals surface area contributed by atoms with E-state index in [1.165, 1.54) is 11.3 Å². The van der Waals surface area contributed by atoms with Gasteiger partial charge in [0.1, 0.15) is 27.5 Å². The Kier molecular flexibility index (Phi) is 8.30. The number of amides is 1. The van der Waals surface area contributed by atoms with Crippen LogP contribution in [0.4, 0.5) is 5.13 Å². The minimum Gasteiger partial charge on any atom is -0.495 e. The predicted molar refractivity (Wildman–Crippen MR) is 130 cm³/mol. The van der Waals surface area contributed by atoms with Gasteiger partial charge in [-0.25, -0.2) is 4.98 Å². The summed E-state index contributed by atoms with van der Waals surface area (Å²) in [7, 11) is 3.24. The van der Waals surface area contributed by atoms with Crippen molar-refractivity contribution >= 4 is 32.6 Å². The van der Waals surface area contributed by atoms with E-state index < -0.39 is 0 Å². The number of carbonyl (C=O) groups excluding carboxylic acids is 1. The first-order valence-electron chi connectivity index (χ1n) is 10.7. The zero-order valence-corrected chi connectivity index (χ0v) is 20.2. The molecule has 0 aliphatic heterocycles. The zero-order chi connectivity index (χ0) is 23.1. The molecule has 1 aromatic heterocycles. The van der Waals surface area contributed by atoms with Crippen molar-refractivity contribution in [3.05, 3.63) is 42.0 Å². The summed E-state index contributed by atoms with van der Waals surface area (Å²) in [5.41, 5.74) is 1.68. The highest BCUT2D eigenvalue weighted by Gasteiger charge is 2.23. The SMILES string of the molecule is CCN(CC)CCN(C(=O)COc1ccccc1C)c1nc2c(OC)ccc(OC)c2s1. The smallest absolute Gasteiger partial charge is 0.266 e. The maximum Gasteiger partial charge on any atom is 0.266 e. The van der Waals surface area contributed by atoms with Gasteiger partial charge in [-0.2, -0.15) is 0 Å². The number of thiazole rings is 1. The Morgan fingerprint density at radius 2 is 1.66 bits per heavy atom. The number of nitrogens with zero attached hydrogens (tertiary/aromatic N) is 3. The van der Waals surface area contributed by atoms with Gasteiger partial charge in [0.05, 0.1) is 14.2 Å². The van der Waals surface area contributed by atoms with Crippen molar-refractivity contribution in [1.82, 2.24) is 9.88 Å². The van der Waals surface area contributed by atoms with Gasteiger partial charge in [0.2, 0.25) is 0 Å². The first-order valence-corrected chi connectivity index (χ1v) is 11.6. The second-order valence-corrected chi connectivity index (χ2v) is 8.25. The van der Waals surface area contributed by atoms with Crippen LogP contribution in [0.5, 0.6) is 17.2 Å². The lowest BCUT2D eigenvalue weighted by Crippen LogP contribution is -2.41. The van der Waals surface area contributed by atoms with E-state index in [9.17, 15) is 4.79 Å². The van der Waals surface area contributed by atoms with Gasteiger partial charge in [-0.15, -0.1) is 0 Å². The Morgan fingerprint density at radius 1 is 0.969 bits per heavy atom. The minimum atomic E-state index is -0.141. The molecule has 7 nitrogen and oxygen atoms in total. The number of fused-ring (bicyclic) bond motifs is 1. The van der Waals surface area contributed by atoms with E-state index in [2.05, 4.69) is 18.7 Å². The first kappa shape index (κ1) is 23.8. The zero-order valence-electron chi connectivity index (χ0n) is 19.4. The molecule has 8 heteroatoms. The fraction of sp³-hybridized carbons (Fsp3) is 0.417. The molecule has 1 heterocycles. The van der Waals surface area contributed by atoms with E-state index in [4.69, 9.17) is 19.2 Å².